The summed E-state index contributed by atoms with van der Waals surface area (Å²) in [5.41, 5.74) is 1.10. The van der Waals surface area contributed by atoms with Crippen molar-refractivity contribution in [2.45, 2.75) is 10.1 Å². The lowest BCUT2D eigenvalue weighted by molar-refractivity contribution is 0.617. The molecule has 0 N–H and O–H groups in total. The van der Waals surface area contributed by atoms with Crippen LogP contribution in [0.15, 0.2) is 81.6 Å². The number of pyridine rings is 1. The number of fused-ring (bicyclic) bond motifs is 1. The van der Waals surface area contributed by atoms with Crippen molar-refractivity contribution in [3.8, 4) is 0 Å². The molecule has 2 aromatic heterocycles. The predicted molar refractivity (Wildman–Crippen MR) is 99.3 cm³/mol. The quantitative estimate of drug-likeness (QED) is 0.623. The fourth-order valence-electron chi connectivity index (χ4n) is 2.75. The number of aliphatic imine (C=N–C) groups is 1. The Balaban J connectivity index is 1.95. The minimum Gasteiger partial charge on any atom is -0.319 e. The highest BCUT2D eigenvalue weighted by atomic mass is 32.2. The summed E-state index contributed by atoms with van der Waals surface area (Å²) >= 11 is 1.24. The van der Waals surface area contributed by atoms with Gasteiger partial charge in [-0.25, -0.2) is 4.98 Å². The van der Waals surface area contributed by atoms with Gasteiger partial charge in [0, 0.05) is 28.9 Å². The molecule has 0 saturated carbocycles. The van der Waals surface area contributed by atoms with Crippen molar-refractivity contribution in [2.75, 3.05) is 0 Å². The van der Waals surface area contributed by atoms with Crippen molar-refractivity contribution in [3.63, 3.8) is 0 Å². The van der Waals surface area contributed by atoms with Gasteiger partial charge in [0.05, 0.1) is 10.7 Å². The molecule has 0 fully saturated rings. The fraction of sp³-hybridized carbons (Fsp3) is 0. The van der Waals surface area contributed by atoms with E-state index >= 15 is 0 Å². The van der Waals surface area contributed by atoms with Gasteiger partial charge < -0.3 is 4.48 Å². The number of aromatic nitrogens is 2. The molecule has 0 bridgehead atoms. The topological polar surface area (TPSA) is 30.2 Å². The van der Waals surface area contributed by atoms with E-state index in [1.165, 1.54) is 11.8 Å². The molecule has 0 amide bonds. The molecule has 0 spiro atoms. The highest BCUT2D eigenvalue weighted by molar-refractivity contribution is 7.99. The van der Waals surface area contributed by atoms with E-state index < -0.39 is 7.40 Å². The molecule has 0 atom stereocenters. The fourth-order valence-corrected chi connectivity index (χ4v) is 3.78. The Morgan fingerprint density at radius 2 is 1.84 bits per heavy atom. The minimum absolute atomic E-state index is 0.447. The van der Waals surface area contributed by atoms with Gasteiger partial charge in [-0.3, -0.25) is 13.6 Å². The van der Waals surface area contributed by atoms with Crippen LogP contribution in [0.1, 0.15) is 5.69 Å². The van der Waals surface area contributed by atoms with Crippen molar-refractivity contribution in [1.82, 2.24) is 9.46 Å². The van der Waals surface area contributed by atoms with E-state index in [2.05, 4.69) is 9.98 Å². The lowest BCUT2D eigenvalue weighted by Crippen LogP contribution is -2.15. The standard InChI is InChI=1S/C18H12BF2N3S/c20-19(21)24-16(12-13-6-5-11-22-13)14-7-1-2-8-15(14)18(24)25-17-9-3-4-10-23-17/h1-12H/b13-12+. The first-order chi connectivity index (χ1) is 12.2. The van der Waals surface area contributed by atoms with Crippen LogP contribution >= 0.6 is 11.8 Å². The average Bonchev–Trinajstić information content (AvgIpc) is 3.24. The van der Waals surface area contributed by atoms with Gasteiger partial charge in [-0.05, 0) is 30.4 Å². The van der Waals surface area contributed by atoms with Crippen LogP contribution in [0.25, 0.3) is 16.8 Å². The van der Waals surface area contributed by atoms with Crippen molar-refractivity contribution < 1.29 is 8.63 Å². The zero-order valence-electron chi connectivity index (χ0n) is 13.0. The van der Waals surface area contributed by atoms with Crippen LogP contribution in [0.4, 0.5) is 8.63 Å². The lowest BCUT2D eigenvalue weighted by Gasteiger charge is -2.08. The van der Waals surface area contributed by atoms with Gasteiger partial charge >= 0.3 is 7.40 Å². The number of halogens is 2. The molecule has 0 saturated heterocycles. The van der Waals surface area contributed by atoms with E-state index in [0.29, 0.717) is 21.4 Å². The third-order valence-electron chi connectivity index (χ3n) is 3.81. The molecule has 4 rings (SSSR count). The summed E-state index contributed by atoms with van der Waals surface area (Å²) in [6.45, 7) is 0. The number of nitrogens with zero attached hydrogens (tertiary/aromatic N) is 3. The Morgan fingerprint density at radius 3 is 2.52 bits per heavy atom. The monoisotopic (exact) mass is 351 g/mol. The van der Waals surface area contributed by atoms with Crippen LogP contribution in [-0.2, 0) is 0 Å². The number of rotatable bonds is 4. The first kappa shape index (κ1) is 15.8. The molecule has 3 nitrogen and oxygen atoms in total. The van der Waals surface area contributed by atoms with E-state index in [4.69, 9.17) is 0 Å². The maximum atomic E-state index is 13.9. The number of benzene rings is 1. The van der Waals surface area contributed by atoms with Crippen LogP contribution in [0.2, 0.25) is 0 Å². The summed E-state index contributed by atoms with van der Waals surface area (Å²) < 4.78 is 28.9. The van der Waals surface area contributed by atoms with Crippen LogP contribution < -0.4 is 0 Å². The first-order valence-electron chi connectivity index (χ1n) is 7.66. The molecule has 1 aliphatic rings. The normalized spacial score (nSPS) is 14.7. The average molecular weight is 351 g/mol. The van der Waals surface area contributed by atoms with Gasteiger partial charge in [-0.1, -0.05) is 42.1 Å². The zero-order chi connectivity index (χ0) is 17.2. The SMILES string of the molecule is FB(F)n1c(/C=C2\C=CC=N2)c2ccccc2c1Sc1ccccn1. The van der Waals surface area contributed by atoms with Gasteiger partial charge in [0.1, 0.15) is 5.03 Å². The molecule has 25 heavy (non-hydrogen) atoms. The molecular formula is C18H12BF2N3S. The highest BCUT2D eigenvalue weighted by Crippen LogP contribution is 2.38. The summed E-state index contributed by atoms with van der Waals surface area (Å²) in [5.74, 6) is 0. The van der Waals surface area contributed by atoms with Gasteiger partial charge in [0.2, 0.25) is 0 Å². The van der Waals surface area contributed by atoms with Crippen molar-refractivity contribution in [3.05, 3.63) is 72.2 Å². The highest BCUT2D eigenvalue weighted by Gasteiger charge is 2.27. The summed E-state index contributed by atoms with van der Waals surface area (Å²) in [5, 5.41) is 2.69. The molecule has 0 radical (unpaired) electrons. The molecule has 1 aliphatic heterocycles. The van der Waals surface area contributed by atoms with Crippen LogP contribution in [0, 0.1) is 0 Å². The van der Waals surface area contributed by atoms with Crippen LogP contribution in [-0.4, -0.2) is 23.1 Å². The molecular weight excluding hydrogens is 339 g/mol. The number of hydrogen-bond donors (Lipinski definition) is 0. The summed E-state index contributed by atoms with van der Waals surface area (Å²) in [7, 11) is -2.67. The maximum absolute atomic E-state index is 13.9. The Hall–Kier alpha value is -2.67. The number of allylic oxidation sites excluding steroid dienone is 2. The number of hydrogen-bond acceptors (Lipinski definition) is 3. The van der Waals surface area contributed by atoms with Gasteiger partial charge in [0.25, 0.3) is 0 Å². The molecule has 1 aromatic carbocycles. The lowest BCUT2D eigenvalue weighted by atomic mass is 10.1. The van der Waals surface area contributed by atoms with E-state index in [1.54, 1.807) is 36.7 Å². The Labute approximate surface area is 148 Å². The van der Waals surface area contributed by atoms with Crippen molar-refractivity contribution in [2.24, 2.45) is 4.99 Å². The smallest absolute Gasteiger partial charge is 0.319 e. The predicted octanol–water partition coefficient (Wildman–Crippen LogP) is 4.94. The summed E-state index contributed by atoms with van der Waals surface area (Å²) in [4.78, 5) is 8.43. The van der Waals surface area contributed by atoms with E-state index in [0.717, 1.165) is 15.3 Å². The summed E-state index contributed by atoms with van der Waals surface area (Å²) in [6, 6.07) is 12.9. The molecule has 0 unspecified atom stereocenters. The van der Waals surface area contributed by atoms with Crippen LogP contribution in [0.3, 0.4) is 0 Å². The molecule has 0 aliphatic carbocycles. The third-order valence-corrected chi connectivity index (χ3v) is 4.87. The van der Waals surface area contributed by atoms with Gasteiger partial charge in [-0.15, -0.1) is 0 Å². The molecule has 122 valence electrons. The summed E-state index contributed by atoms with van der Waals surface area (Å²) in [6.07, 6.45) is 8.57. The molecule has 3 heterocycles. The van der Waals surface area contributed by atoms with E-state index in [1.807, 2.05) is 36.4 Å². The first-order valence-corrected chi connectivity index (χ1v) is 8.48. The molecule has 3 aromatic rings. The van der Waals surface area contributed by atoms with Gasteiger partial charge in [-0.2, -0.15) is 0 Å². The van der Waals surface area contributed by atoms with E-state index in [9.17, 15) is 8.63 Å². The maximum Gasteiger partial charge on any atom is 0.678 e. The second kappa shape index (κ2) is 6.68. The molecule has 7 heteroatoms. The van der Waals surface area contributed by atoms with E-state index in [-0.39, 0.29) is 0 Å². The second-order valence-electron chi connectivity index (χ2n) is 5.36. The minimum atomic E-state index is -2.67. The largest absolute Gasteiger partial charge is 0.678 e. The van der Waals surface area contributed by atoms with Gasteiger partial charge in [0.15, 0.2) is 0 Å². The third kappa shape index (κ3) is 3.03. The van der Waals surface area contributed by atoms with Crippen molar-refractivity contribution in [1.29, 1.82) is 0 Å². The van der Waals surface area contributed by atoms with Crippen molar-refractivity contribution >= 4 is 42.2 Å². The second-order valence-corrected chi connectivity index (χ2v) is 6.37. The Bertz CT molecular complexity index is 996. The Kier molecular flexibility index (Phi) is 4.23. The Morgan fingerprint density at radius 1 is 1.04 bits per heavy atom. The zero-order valence-corrected chi connectivity index (χ0v) is 13.8. The van der Waals surface area contributed by atoms with Crippen LogP contribution in [0.5, 0.6) is 0 Å².